The number of hydrogen-bond donors (Lipinski definition) is 1. The molecule has 6 heteroatoms. The van der Waals surface area contributed by atoms with Crippen molar-refractivity contribution in [3.63, 3.8) is 0 Å². The highest BCUT2D eigenvalue weighted by molar-refractivity contribution is 9.10. The number of anilines is 1. The van der Waals surface area contributed by atoms with E-state index in [1.165, 1.54) is 15.5 Å². The van der Waals surface area contributed by atoms with E-state index in [0.29, 0.717) is 11.1 Å². The Balaban J connectivity index is 1.67. The normalized spacial score (nSPS) is 11.1. The van der Waals surface area contributed by atoms with Crippen LogP contribution < -0.4 is 10.9 Å². The van der Waals surface area contributed by atoms with Gasteiger partial charge in [0.05, 0.1) is 10.1 Å². The van der Waals surface area contributed by atoms with Crippen LogP contribution in [0.4, 0.5) is 5.69 Å². The molecule has 1 aromatic heterocycles. The molecule has 0 aliphatic carbocycles. The Morgan fingerprint density at radius 3 is 2.72 bits per heavy atom. The minimum atomic E-state index is -0.226. The Morgan fingerprint density at radius 1 is 1.04 bits per heavy atom. The second-order valence-electron chi connectivity index (χ2n) is 5.65. The number of carbonyl (C=O) groups excluding carboxylic acids is 1. The van der Waals surface area contributed by atoms with Gasteiger partial charge in [0.2, 0.25) is 5.91 Å². The molecule has 0 unspecified atom stereocenters. The minimum Gasteiger partial charge on any atom is -0.324 e. The van der Waals surface area contributed by atoms with Crippen LogP contribution in [0.3, 0.4) is 0 Å². The number of nitrogens with zero attached hydrogens (tertiary/aromatic N) is 1. The van der Waals surface area contributed by atoms with E-state index in [9.17, 15) is 9.59 Å². The maximum Gasteiger partial charge on any atom is 0.269 e. The van der Waals surface area contributed by atoms with E-state index in [0.717, 1.165) is 19.9 Å². The highest BCUT2D eigenvalue weighted by Crippen LogP contribution is 2.27. The summed E-state index contributed by atoms with van der Waals surface area (Å²) in [5.41, 5.74) is 0.564. The maximum atomic E-state index is 12.6. The van der Waals surface area contributed by atoms with Gasteiger partial charge in [-0.2, -0.15) is 0 Å². The quantitative estimate of drug-likeness (QED) is 0.533. The van der Waals surface area contributed by atoms with Crippen molar-refractivity contribution in [3.05, 3.63) is 75.5 Å². The average Bonchev–Trinajstić information content (AvgIpc) is 2.91. The minimum absolute atomic E-state index is 0.000972. The zero-order valence-electron chi connectivity index (χ0n) is 13.0. The molecule has 124 valence electrons. The summed E-state index contributed by atoms with van der Waals surface area (Å²) in [5, 5.41) is 5.59. The fourth-order valence-corrected chi connectivity index (χ4v) is 4.32. The molecule has 0 fully saturated rings. The molecule has 0 aliphatic rings. The van der Waals surface area contributed by atoms with Crippen LogP contribution in [0, 0.1) is 0 Å². The number of halogens is 1. The first-order valence-electron chi connectivity index (χ1n) is 7.69. The Labute approximate surface area is 156 Å². The van der Waals surface area contributed by atoms with Crippen molar-refractivity contribution in [3.8, 4) is 0 Å². The topological polar surface area (TPSA) is 51.1 Å². The van der Waals surface area contributed by atoms with Gasteiger partial charge in [0.1, 0.15) is 6.54 Å². The van der Waals surface area contributed by atoms with E-state index in [4.69, 9.17) is 0 Å². The molecule has 0 saturated carbocycles. The van der Waals surface area contributed by atoms with Crippen molar-refractivity contribution in [2.45, 2.75) is 6.54 Å². The first kappa shape index (κ1) is 16.1. The molecule has 4 nitrogen and oxygen atoms in total. The van der Waals surface area contributed by atoms with E-state index in [1.807, 2.05) is 60.7 Å². The molecule has 25 heavy (non-hydrogen) atoms. The van der Waals surface area contributed by atoms with Gasteiger partial charge in [0, 0.05) is 15.5 Å². The molecular formula is C19H13BrN2O2S. The summed E-state index contributed by atoms with van der Waals surface area (Å²) in [6, 6.07) is 19.1. The standard InChI is InChI=1S/C19H13BrN2O2S/c20-13-5-3-6-14(10-13)21-17(23)11-22-19(24)16-9-8-12-4-1-2-7-15(12)18(16)25-22/h1-10H,11H2,(H,21,23). The molecule has 0 bridgehead atoms. The number of benzene rings is 3. The SMILES string of the molecule is O=C(Cn1sc2c(ccc3ccccc32)c1=O)Nc1cccc(Br)c1. The van der Waals surface area contributed by atoms with Gasteiger partial charge in [-0.05, 0) is 29.7 Å². The molecule has 4 rings (SSSR count). The molecule has 0 spiro atoms. The van der Waals surface area contributed by atoms with E-state index < -0.39 is 0 Å². The molecule has 3 aromatic carbocycles. The first-order chi connectivity index (χ1) is 12.1. The highest BCUT2D eigenvalue weighted by atomic mass is 79.9. The zero-order chi connectivity index (χ0) is 17.4. The summed E-state index contributed by atoms with van der Waals surface area (Å²) in [5.74, 6) is -0.226. The summed E-state index contributed by atoms with van der Waals surface area (Å²) in [6.07, 6.45) is 0. The van der Waals surface area contributed by atoms with Gasteiger partial charge < -0.3 is 5.32 Å². The van der Waals surface area contributed by atoms with E-state index in [2.05, 4.69) is 21.2 Å². The molecule has 0 aliphatic heterocycles. The molecule has 0 radical (unpaired) electrons. The Morgan fingerprint density at radius 2 is 1.88 bits per heavy atom. The third kappa shape index (κ3) is 3.10. The number of hydrogen-bond acceptors (Lipinski definition) is 3. The van der Waals surface area contributed by atoms with Crippen molar-refractivity contribution in [2.75, 3.05) is 5.32 Å². The van der Waals surface area contributed by atoms with Gasteiger partial charge in [-0.1, -0.05) is 63.9 Å². The first-order valence-corrected chi connectivity index (χ1v) is 9.25. The third-order valence-corrected chi connectivity index (χ3v) is 5.56. The van der Waals surface area contributed by atoms with Gasteiger partial charge in [-0.15, -0.1) is 0 Å². The summed E-state index contributed by atoms with van der Waals surface area (Å²) >= 11 is 4.70. The highest BCUT2D eigenvalue weighted by Gasteiger charge is 2.13. The lowest BCUT2D eigenvalue weighted by Crippen LogP contribution is -2.23. The fraction of sp³-hybridized carbons (Fsp3) is 0.0526. The van der Waals surface area contributed by atoms with Crippen LogP contribution in [0.25, 0.3) is 20.9 Å². The Bertz CT molecular complexity index is 1160. The van der Waals surface area contributed by atoms with Crippen molar-refractivity contribution in [2.24, 2.45) is 0 Å². The summed E-state index contributed by atoms with van der Waals surface area (Å²) < 4.78 is 3.30. The van der Waals surface area contributed by atoms with Crippen LogP contribution in [-0.2, 0) is 11.3 Å². The number of nitrogens with one attached hydrogen (secondary N) is 1. The number of rotatable bonds is 3. The second-order valence-corrected chi connectivity index (χ2v) is 7.60. The van der Waals surface area contributed by atoms with Crippen molar-refractivity contribution < 1.29 is 4.79 Å². The lowest BCUT2D eigenvalue weighted by molar-refractivity contribution is -0.116. The van der Waals surface area contributed by atoms with Gasteiger partial charge in [-0.3, -0.25) is 13.5 Å². The molecular weight excluding hydrogens is 400 g/mol. The molecule has 0 saturated heterocycles. The fourth-order valence-electron chi connectivity index (χ4n) is 2.80. The van der Waals surface area contributed by atoms with Crippen LogP contribution >= 0.6 is 27.5 Å². The van der Waals surface area contributed by atoms with Crippen LogP contribution in [0.2, 0.25) is 0 Å². The van der Waals surface area contributed by atoms with Gasteiger partial charge in [0.15, 0.2) is 0 Å². The number of carbonyl (C=O) groups is 1. The van der Waals surface area contributed by atoms with E-state index in [1.54, 1.807) is 0 Å². The lowest BCUT2D eigenvalue weighted by Gasteiger charge is -2.05. The number of aromatic nitrogens is 1. The second kappa shape index (κ2) is 6.46. The van der Waals surface area contributed by atoms with Crippen molar-refractivity contribution >= 4 is 59.9 Å². The predicted octanol–water partition coefficient (Wildman–Crippen LogP) is 4.62. The molecule has 4 aromatic rings. The smallest absolute Gasteiger partial charge is 0.269 e. The number of amides is 1. The van der Waals surface area contributed by atoms with Gasteiger partial charge in [-0.25, -0.2) is 0 Å². The lowest BCUT2D eigenvalue weighted by atomic mass is 10.1. The third-order valence-electron chi connectivity index (χ3n) is 3.93. The van der Waals surface area contributed by atoms with Gasteiger partial charge >= 0.3 is 0 Å². The molecule has 1 N–H and O–H groups in total. The van der Waals surface area contributed by atoms with E-state index in [-0.39, 0.29) is 18.0 Å². The van der Waals surface area contributed by atoms with Crippen LogP contribution in [-0.4, -0.2) is 9.86 Å². The number of fused-ring (bicyclic) bond motifs is 3. The predicted molar refractivity (Wildman–Crippen MR) is 106 cm³/mol. The zero-order valence-corrected chi connectivity index (χ0v) is 15.4. The molecule has 1 heterocycles. The largest absolute Gasteiger partial charge is 0.324 e. The van der Waals surface area contributed by atoms with Crippen LogP contribution in [0.15, 0.2) is 69.9 Å². The van der Waals surface area contributed by atoms with Crippen LogP contribution in [0.1, 0.15) is 0 Å². The van der Waals surface area contributed by atoms with Crippen molar-refractivity contribution in [1.29, 1.82) is 0 Å². The van der Waals surface area contributed by atoms with Gasteiger partial charge in [0.25, 0.3) is 5.56 Å². The summed E-state index contributed by atoms with van der Waals surface area (Å²) in [7, 11) is 0. The summed E-state index contributed by atoms with van der Waals surface area (Å²) in [6.45, 7) is -0.000972. The van der Waals surface area contributed by atoms with Crippen molar-refractivity contribution in [1.82, 2.24) is 3.96 Å². The van der Waals surface area contributed by atoms with E-state index >= 15 is 0 Å². The maximum absolute atomic E-state index is 12.6. The Hall–Kier alpha value is -2.44. The monoisotopic (exact) mass is 412 g/mol. The average molecular weight is 413 g/mol. The summed E-state index contributed by atoms with van der Waals surface area (Å²) in [4.78, 5) is 24.9. The molecule has 1 amide bonds. The van der Waals surface area contributed by atoms with Crippen LogP contribution in [0.5, 0.6) is 0 Å². The molecule has 0 atom stereocenters. The Kier molecular flexibility index (Phi) is 4.15.